The summed E-state index contributed by atoms with van der Waals surface area (Å²) in [4.78, 5) is 28.1. The number of amides is 2. The average Bonchev–Trinajstić information content (AvgIpc) is 3.14. The van der Waals surface area contributed by atoms with Crippen molar-refractivity contribution < 1.29 is 9.59 Å². The molecule has 0 radical (unpaired) electrons. The lowest BCUT2D eigenvalue weighted by molar-refractivity contribution is 0.0998. The Kier molecular flexibility index (Phi) is 4.41. The Morgan fingerprint density at radius 1 is 1.24 bits per heavy atom. The van der Waals surface area contributed by atoms with Crippen molar-refractivity contribution in [3.63, 3.8) is 0 Å². The lowest BCUT2D eigenvalue weighted by Gasteiger charge is -2.04. The molecule has 3 rings (SSSR count). The molecule has 0 fully saturated rings. The van der Waals surface area contributed by atoms with Crippen LogP contribution in [0.3, 0.4) is 0 Å². The fraction of sp³-hybridized carbons (Fsp3) is 0.167. The van der Waals surface area contributed by atoms with Gasteiger partial charge in [-0.2, -0.15) is 0 Å². The van der Waals surface area contributed by atoms with Gasteiger partial charge in [0.1, 0.15) is 5.69 Å². The predicted molar refractivity (Wildman–Crippen MR) is 98.9 cm³/mol. The van der Waals surface area contributed by atoms with Gasteiger partial charge in [-0.05, 0) is 25.5 Å². The topological polar surface area (TPSA) is 90.0 Å². The third kappa shape index (κ3) is 3.46. The zero-order valence-corrected chi connectivity index (χ0v) is 15.0. The maximum Gasteiger partial charge on any atom is 0.274 e. The van der Waals surface area contributed by atoms with Crippen LogP contribution in [0.5, 0.6) is 0 Å². The smallest absolute Gasteiger partial charge is 0.274 e. The molecule has 25 heavy (non-hydrogen) atoms. The second-order valence-electron chi connectivity index (χ2n) is 5.90. The second kappa shape index (κ2) is 6.52. The molecule has 0 saturated carbocycles. The molecule has 0 bridgehead atoms. The molecular weight excluding hydrogens is 336 g/mol. The fourth-order valence-electron chi connectivity index (χ4n) is 2.64. The lowest BCUT2D eigenvalue weighted by Crippen LogP contribution is -2.15. The van der Waals surface area contributed by atoms with Gasteiger partial charge in [0, 0.05) is 24.2 Å². The van der Waals surface area contributed by atoms with E-state index in [9.17, 15) is 9.59 Å². The molecule has 0 aliphatic carbocycles. The minimum Gasteiger partial charge on any atom is -0.366 e. The average molecular weight is 354 g/mol. The Hall–Kier alpha value is -2.93. The number of thiazole rings is 1. The number of carbonyl (C=O) groups excluding carboxylic acids is 2. The number of hydrogen-bond donors (Lipinski definition) is 2. The van der Waals surface area contributed by atoms with Crippen molar-refractivity contribution in [1.82, 2.24) is 9.55 Å². The first kappa shape index (κ1) is 16.9. The number of aromatic nitrogens is 2. The number of nitrogens with one attached hydrogen (secondary N) is 1. The summed E-state index contributed by atoms with van der Waals surface area (Å²) in [6.45, 7) is 4.08. The molecule has 0 atom stereocenters. The van der Waals surface area contributed by atoms with Crippen LogP contribution in [0.15, 0.2) is 35.8 Å². The van der Waals surface area contributed by atoms with Crippen molar-refractivity contribution in [2.24, 2.45) is 12.8 Å². The van der Waals surface area contributed by atoms with Gasteiger partial charge >= 0.3 is 0 Å². The van der Waals surface area contributed by atoms with E-state index >= 15 is 0 Å². The molecule has 3 N–H and O–H groups in total. The summed E-state index contributed by atoms with van der Waals surface area (Å²) in [5, 5.41) is 5.18. The van der Waals surface area contributed by atoms with Crippen LogP contribution in [0, 0.1) is 13.8 Å². The van der Waals surface area contributed by atoms with Gasteiger partial charge in [-0.1, -0.05) is 23.8 Å². The van der Waals surface area contributed by atoms with Gasteiger partial charge < -0.3 is 10.3 Å². The van der Waals surface area contributed by atoms with Gasteiger partial charge in [0.05, 0.1) is 11.3 Å². The van der Waals surface area contributed by atoms with E-state index < -0.39 is 5.91 Å². The van der Waals surface area contributed by atoms with Crippen molar-refractivity contribution in [3.8, 4) is 11.3 Å². The number of aryl methyl sites for hydroxylation is 3. The third-order valence-corrected chi connectivity index (χ3v) is 4.66. The molecule has 0 saturated heterocycles. The van der Waals surface area contributed by atoms with Crippen molar-refractivity contribution in [2.45, 2.75) is 13.8 Å². The summed E-state index contributed by atoms with van der Waals surface area (Å²) < 4.78 is 1.56. The van der Waals surface area contributed by atoms with E-state index in [1.165, 1.54) is 29.2 Å². The van der Waals surface area contributed by atoms with Gasteiger partial charge in [0.25, 0.3) is 5.91 Å². The Morgan fingerprint density at radius 3 is 2.64 bits per heavy atom. The maximum absolute atomic E-state index is 12.4. The highest BCUT2D eigenvalue weighted by atomic mass is 32.1. The standard InChI is InChI=1S/C18H18N4O2S/c1-10-4-5-13(11(2)6-10)14-9-25-18(20-14)21-17(24)15-7-12(16(19)23)8-22(15)3/h4-9H,1-3H3,(H2,19,23)(H,20,21,24). The van der Waals surface area contributed by atoms with Crippen LogP contribution >= 0.6 is 11.3 Å². The number of nitrogens with zero attached hydrogens (tertiary/aromatic N) is 2. The molecule has 0 aliphatic heterocycles. The molecule has 0 spiro atoms. The molecule has 128 valence electrons. The number of primary amides is 1. The number of carbonyl (C=O) groups is 2. The number of nitrogens with two attached hydrogens (primary N) is 1. The summed E-state index contributed by atoms with van der Waals surface area (Å²) >= 11 is 1.36. The van der Waals surface area contributed by atoms with E-state index in [0.717, 1.165) is 16.8 Å². The van der Waals surface area contributed by atoms with E-state index in [2.05, 4.69) is 16.4 Å². The quantitative estimate of drug-likeness (QED) is 0.754. The second-order valence-corrected chi connectivity index (χ2v) is 6.76. The lowest BCUT2D eigenvalue weighted by atomic mass is 10.0. The van der Waals surface area contributed by atoms with Crippen LogP contribution in [-0.4, -0.2) is 21.4 Å². The molecule has 3 aromatic rings. The Labute approximate surface area is 149 Å². The van der Waals surface area contributed by atoms with Crippen LogP contribution < -0.4 is 11.1 Å². The first-order valence-corrected chi connectivity index (χ1v) is 8.54. The Morgan fingerprint density at radius 2 is 2.00 bits per heavy atom. The van der Waals surface area contributed by atoms with Gasteiger partial charge in [-0.25, -0.2) is 4.98 Å². The highest BCUT2D eigenvalue weighted by Crippen LogP contribution is 2.28. The molecule has 2 amide bonds. The molecule has 0 aliphatic rings. The van der Waals surface area contributed by atoms with Crippen LogP contribution in [0.4, 0.5) is 5.13 Å². The van der Waals surface area contributed by atoms with Crippen LogP contribution in [-0.2, 0) is 7.05 Å². The summed E-state index contributed by atoms with van der Waals surface area (Å²) in [6.07, 6.45) is 1.53. The van der Waals surface area contributed by atoms with Gasteiger partial charge in [-0.15, -0.1) is 11.3 Å². The number of hydrogen-bond acceptors (Lipinski definition) is 4. The summed E-state index contributed by atoms with van der Waals surface area (Å²) in [7, 11) is 1.68. The van der Waals surface area contributed by atoms with Crippen molar-refractivity contribution in [2.75, 3.05) is 5.32 Å². The Bertz CT molecular complexity index is 971. The van der Waals surface area contributed by atoms with E-state index in [-0.39, 0.29) is 5.91 Å². The Balaban J connectivity index is 1.81. The monoisotopic (exact) mass is 354 g/mol. The SMILES string of the molecule is Cc1ccc(-c2csc(NC(=O)c3cc(C(N)=O)cn3C)n2)c(C)c1. The minimum atomic E-state index is -0.568. The third-order valence-electron chi connectivity index (χ3n) is 3.90. The van der Waals surface area contributed by atoms with E-state index in [4.69, 9.17) is 5.73 Å². The predicted octanol–water partition coefficient (Wildman–Crippen LogP) is 3.12. The number of benzene rings is 1. The molecule has 6 nitrogen and oxygen atoms in total. The summed E-state index contributed by atoms with van der Waals surface area (Å²) in [5.41, 5.74) is 10.1. The minimum absolute atomic E-state index is 0.294. The highest BCUT2D eigenvalue weighted by Gasteiger charge is 2.16. The zero-order valence-electron chi connectivity index (χ0n) is 14.2. The van der Waals surface area contributed by atoms with Gasteiger partial charge in [-0.3, -0.25) is 14.9 Å². The molecule has 2 heterocycles. The fourth-order valence-corrected chi connectivity index (χ4v) is 3.35. The van der Waals surface area contributed by atoms with Crippen molar-refractivity contribution in [3.05, 3.63) is 58.2 Å². The molecule has 0 unspecified atom stereocenters. The first-order valence-electron chi connectivity index (χ1n) is 7.66. The van der Waals surface area contributed by atoms with Crippen LogP contribution in [0.2, 0.25) is 0 Å². The van der Waals surface area contributed by atoms with Gasteiger partial charge in [0.2, 0.25) is 5.91 Å². The number of anilines is 1. The molecule has 1 aromatic carbocycles. The van der Waals surface area contributed by atoms with E-state index in [1.807, 2.05) is 31.4 Å². The zero-order chi connectivity index (χ0) is 18.1. The molecule has 7 heteroatoms. The largest absolute Gasteiger partial charge is 0.366 e. The highest BCUT2D eigenvalue weighted by molar-refractivity contribution is 7.14. The van der Waals surface area contributed by atoms with Crippen molar-refractivity contribution in [1.29, 1.82) is 0 Å². The summed E-state index contributed by atoms with van der Waals surface area (Å²) in [6, 6.07) is 7.63. The van der Waals surface area contributed by atoms with Crippen LogP contribution in [0.25, 0.3) is 11.3 Å². The van der Waals surface area contributed by atoms with Crippen LogP contribution in [0.1, 0.15) is 32.0 Å². The van der Waals surface area contributed by atoms with E-state index in [1.54, 1.807) is 11.6 Å². The maximum atomic E-state index is 12.4. The summed E-state index contributed by atoms with van der Waals surface area (Å²) in [5.74, 6) is -0.905. The first-order chi connectivity index (χ1) is 11.8. The van der Waals surface area contributed by atoms with Crippen molar-refractivity contribution >= 4 is 28.3 Å². The molecule has 2 aromatic heterocycles. The molecular formula is C18H18N4O2S. The van der Waals surface area contributed by atoms with E-state index in [0.29, 0.717) is 16.4 Å². The normalized spacial score (nSPS) is 10.7. The number of rotatable bonds is 4. The van der Waals surface area contributed by atoms with Gasteiger partial charge in [0.15, 0.2) is 5.13 Å².